The standard InChI is InChI=1S/C12H17NO2S/c1-8(7-12(14)15)11-6-5-10(16-11)4-3-9(2)13/h5-7,9H,3-4,13H2,1-2H3,(H,14,15)/b8-7+. The van der Waals surface area contributed by atoms with E-state index in [9.17, 15) is 4.79 Å². The highest BCUT2D eigenvalue weighted by molar-refractivity contribution is 7.13. The van der Waals surface area contributed by atoms with Crippen LogP contribution in [-0.2, 0) is 11.2 Å². The van der Waals surface area contributed by atoms with Crippen LogP contribution in [0.15, 0.2) is 18.2 Å². The Labute approximate surface area is 99.6 Å². The minimum absolute atomic E-state index is 0.209. The second-order valence-electron chi connectivity index (χ2n) is 3.95. The van der Waals surface area contributed by atoms with Crippen LogP contribution < -0.4 is 5.73 Å². The molecular weight excluding hydrogens is 222 g/mol. The Morgan fingerprint density at radius 1 is 1.62 bits per heavy atom. The maximum absolute atomic E-state index is 10.5. The third kappa shape index (κ3) is 4.16. The van der Waals surface area contributed by atoms with Crippen LogP contribution >= 0.6 is 11.3 Å². The molecule has 1 aromatic heterocycles. The number of carboxylic acids is 1. The van der Waals surface area contributed by atoms with Gasteiger partial charge in [-0.3, -0.25) is 0 Å². The number of thiophene rings is 1. The number of nitrogens with two attached hydrogens (primary N) is 1. The number of aryl methyl sites for hydroxylation is 1. The fraction of sp³-hybridized carbons (Fsp3) is 0.417. The lowest BCUT2D eigenvalue weighted by Gasteiger charge is -2.01. The summed E-state index contributed by atoms with van der Waals surface area (Å²) >= 11 is 1.64. The van der Waals surface area contributed by atoms with Gasteiger partial charge >= 0.3 is 5.97 Å². The van der Waals surface area contributed by atoms with E-state index in [0.717, 1.165) is 23.3 Å². The van der Waals surface area contributed by atoms with Crippen molar-refractivity contribution in [3.8, 4) is 0 Å². The molecule has 1 unspecified atom stereocenters. The molecule has 4 heteroatoms. The van der Waals surface area contributed by atoms with Crippen molar-refractivity contribution >= 4 is 22.9 Å². The van der Waals surface area contributed by atoms with Crippen molar-refractivity contribution in [2.24, 2.45) is 5.73 Å². The normalized spacial score (nSPS) is 13.8. The molecular formula is C12H17NO2S. The average molecular weight is 239 g/mol. The predicted molar refractivity (Wildman–Crippen MR) is 67.6 cm³/mol. The van der Waals surface area contributed by atoms with E-state index < -0.39 is 5.97 Å². The van der Waals surface area contributed by atoms with Crippen molar-refractivity contribution in [2.75, 3.05) is 0 Å². The molecule has 0 aliphatic rings. The zero-order valence-electron chi connectivity index (χ0n) is 9.56. The van der Waals surface area contributed by atoms with Crippen LogP contribution in [0.4, 0.5) is 0 Å². The molecule has 0 radical (unpaired) electrons. The van der Waals surface area contributed by atoms with Gasteiger partial charge in [-0.25, -0.2) is 4.79 Å². The van der Waals surface area contributed by atoms with Crippen LogP contribution in [-0.4, -0.2) is 17.1 Å². The highest BCUT2D eigenvalue weighted by Gasteiger charge is 2.04. The molecule has 3 nitrogen and oxygen atoms in total. The zero-order chi connectivity index (χ0) is 12.1. The Morgan fingerprint density at radius 3 is 2.88 bits per heavy atom. The molecule has 0 aromatic carbocycles. The first-order chi connectivity index (χ1) is 7.49. The van der Waals surface area contributed by atoms with E-state index in [1.54, 1.807) is 11.3 Å². The summed E-state index contributed by atoms with van der Waals surface area (Å²) in [4.78, 5) is 12.8. The molecule has 0 saturated carbocycles. The minimum Gasteiger partial charge on any atom is -0.478 e. The van der Waals surface area contributed by atoms with E-state index in [1.165, 1.54) is 11.0 Å². The number of aliphatic carboxylic acids is 1. The van der Waals surface area contributed by atoms with Crippen LogP contribution in [0.2, 0.25) is 0 Å². The summed E-state index contributed by atoms with van der Waals surface area (Å²) in [6.45, 7) is 3.80. The molecule has 0 aliphatic carbocycles. The first kappa shape index (κ1) is 12.9. The van der Waals surface area contributed by atoms with E-state index in [1.807, 2.05) is 26.0 Å². The van der Waals surface area contributed by atoms with Crippen molar-refractivity contribution in [1.29, 1.82) is 0 Å². The largest absolute Gasteiger partial charge is 0.478 e. The molecule has 0 saturated heterocycles. The first-order valence-electron chi connectivity index (χ1n) is 5.25. The topological polar surface area (TPSA) is 63.3 Å². The van der Waals surface area contributed by atoms with Crippen molar-refractivity contribution < 1.29 is 9.90 Å². The molecule has 88 valence electrons. The lowest BCUT2D eigenvalue weighted by Crippen LogP contribution is -2.14. The van der Waals surface area contributed by atoms with Gasteiger partial charge in [-0.15, -0.1) is 11.3 Å². The van der Waals surface area contributed by atoms with Crippen molar-refractivity contribution in [3.05, 3.63) is 28.0 Å². The second kappa shape index (κ2) is 5.82. The maximum Gasteiger partial charge on any atom is 0.328 e. The molecule has 0 amide bonds. The summed E-state index contributed by atoms with van der Waals surface area (Å²) in [6.07, 6.45) is 3.16. The number of hydrogen-bond donors (Lipinski definition) is 2. The van der Waals surface area contributed by atoms with E-state index >= 15 is 0 Å². The third-order valence-corrected chi connectivity index (χ3v) is 3.52. The highest BCUT2D eigenvalue weighted by atomic mass is 32.1. The quantitative estimate of drug-likeness (QED) is 0.776. The molecule has 0 fully saturated rings. The van der Waals surface area contributed by atoms with Gasteiger partial charge in [-0.1, -0.05) is 0 Å². The van der Waals surface area contributed by atoms with E-state index in [2.05, 4.69) is 0 Å². The van der Waals surface area contributed by atoms with Crippen molar-refractivity contribution in [3.63, 3.8) is 0 Å². The number of hydrogen-bond acceptors (Lipinski definition) is 3. The Balaban J connectivity index is 2.67. The molecule has 0 bridgehead atoms. The lowest BCUT2D eigenvalue weighted by molar-refractivity contribution is -0.131. The summed E-state index contributed by atoms with van der Waals surface area (Å²) < 4.78 is 0. The fourth-order valence-corrected chi connectivity index (χ4v) is 2.34. The Morgan fingerprint density at radius 2 is 2.31 bits per heavy atom. The van der Waals surface area contributed by atoms with Crippen LogP contribution in [0.5, 0.6) is 0 Å². The molecule has 3 N–H and O–H groups in total. The molecule has 0 spiro atoms. The fourth-order valence-electron chi connectivity index (χ4n) is 1.35. The van der Waals surface area contributed by atoms with Gasteiger partial charge in [0.15, 0.2) is 0 Å². The predicted octanol–water partition coefficient (Wildman–Crippen LogP) is 2.52. The highest BCUT2D eigenvalue weighted by Crippen LogP contribution is 2.24. The summed E-state index contributed by atoms with van der Waals surface area (Å²) in [5, 5.41) is 8.64. The lowest BCUT2D eigenvalue weighted by atomic mass is 10.2. The monoisotopic (exact) mass is 239 g/mol. The van der Waals surface area contributed by atoms with Gasteiger partial charge in [0.05, 0.1) is 0 Å². The number of rotatable bonds is 5. The van der Waals surface area contributed by atoms with Gasteiger partial charge in [-0.05, 0) is 44.4 Å². The van der Waals surface area contributed by atoms with Gasteiger partial charge in [0, 0.05) is 21.9 Å². The van der Waals surface area contributed by atoms with E-state index in [4.69, 9.17) is 10.8 Å². The molecule has 1 atom stereocenters. The third-order valence-electron chi connectivity index (χ3n) is 2.24. The average Bonchev–Trinajstić information content (AvgIpc) is 2.61. The summed E-state index contributed by atoms with van der Waals surface area (Å²) in [5.41, 5.74) is 6.48. The minimum atomic E-state index is -0.900. The Kier molecular flexibility index (Phi) is 4.71. The zero-order valence-corrected chi connectivity index (χ0v) is 10.4. The smallest absolute Gasteiger partial charge is 0.328 e. The molecule has 16 heavy (non-hydrogen) atoms. The number of carbonyl (C=O) groups is 1. The summed E-state index contributed by atoms with van der Waals surface area (Å²) in [7, 11) is 0. The molecule has 1 rings (SSSR count). The number of carboxylic acid groups (broad SMARTS) is 1. The van der Waals surface area contributed by atoms with Crippen LogP contribution in [0.3, 0.4) is 0 Å². The maximum atomic E-state index is 10.5. The van der Waals surface area contributed by atoms with Gasteiger partial charge in [0.2, 0.25) is 0 Å². The summed E-state index contributed by atoms with van der Waals surface area (Å²) in [6, 6.07) is 4.22. The Hall–Kier alpha value is -1.13. The van der Waals surface area contributed by atoms with Gasteiger partial charge in [0.1, 0.15) is 0 Å². The van der Waals surface area contributed by atoms with E-state index in [0.29, 0.717) is 0 Å². The SMILES string of the molecule is C/C(=C\C(=O)O)c1ccc(CCC(C)N)s1. The van der Waals surface area contributed by atoms with Crippen LogP contribution in [0.1, 0.15) is 30.0 Å². The molecule has 1 aromatic rings. The van der Waals surface area contributed by atoms with Crippen LogP contribution in [0.25, 0.3) is 5.57 Å². The van der Waals surface area contributed by atoms with Gasteiger partial charge in [0.25, 0.3) is 0 Å². The second-order valence-corrected chi connectivity index (χ2v) is 5.12. The van der Waals surface area contributed by atoms with Gasteiger partial charge in [-0.2, -0.15) is 0 Å². The van der Waals surface area contributed by atoms with Crippen molar-refractivity contribution in [2.45, 2.75) is 32.7 Å². The van der Waals surface area contributed by atoms with Crippen molar-refractivity contribution in [1.82, 2.24) is 0 Å². The van der Waals surface area contributed by atoms with Crippen LogP contribution in [0, 0.1) is 0 Å². The van der Waals surface area contributed by atoms with Gasteiger partial charge < -0.3 is 10.8 Å². The molecule has 1 heterocycles. The van der Waals surface area contributed by atoms with E-state index in [-0.39, 0.29) is 6.04 Å². The Bertz CT molecular complexity index is 393. The molecule has 0 aliphatic heterocycles. The first-order valence-corrected chi connectivity index (χ1v) is 6.06. The number of allylic oxidation sites excluding steroid dienone is 1. The summed E-state index contributed by atoms with van der Waals surface area (Å²) in [5.74, 6) is -0.900.